The number of para-hydroxylation sites is 6. The maximum Gasteiger partial charge on any atom is 0.0720 e. The summed E-state index contributed by atoms with van der Waals surface area (Å²) in [6, 6.07) is 80.4. The molecule has 1 heterocycles. The lowest BCUT2D eigenvalue weighted by Crippen LogP contribution is -2.14. The Morgan fingerprint density at radius 1 is 0.268 bits per heavy atom. The van der Waals surface area contributed by atoms with Gasteiger partial charge in [-0.25, -0.2) is 0 Å². The number of hydrogen-bond acceptors (Lipinski definition) is 4. The largest absolute Gasteiger partial charge is 0.310 e. The van der Waals surface area contributed by atoms with Crippen molar-refractivity contribution in [2.45, 2.75) is 0 Å². The first-order chi connectivity index (χ1) is 27.8. The molecule has 0 aliphatic carbocycles. The van der Waals surface area contributed by atoms with Gasteiger partial charge in [0.2, 0.25) is 0 Å². The first-order valence-corrected chi connectivity index (χ1v) is 19.8. The van der Waals surface area contributed by atoms with Gasteiger partial charge < -0.3 is 14.7 Å². The van der Waals surface area contributed by atoms with Gasteiger partial charge in [0.1, 0.15) is 0 Å². The summed E-state index contributed by atoms with van der Waals surface area (Å²) in [6.45, 7) is 0. The Labute approximate surface area is 331 Å². The molecule has 0 saturated heterocycles. The summed E-state index contributed by atoms with van der Waals surface area (Å²) >= 11 is 1.87. The minimum atomic E-state index is 1.10. The Kier molecular flexibility index (Phi) is 8.71. The molecule has 0 saturated carbocycles. The summed E-state index contributed by atoms with van der Waals surface area (Å²) in [5, 5.41) is 4.78. The Bertz CT molecular complexity index is 2780. The van der Waals surface area contributed by atoms with Gasteiger partial charge in [-0.15, -0.1) is 11.3 Å². The summed E-state index contributed by atoms with van der Waals surface area (Å²) in [4.78, 5) is 7.26. The summed E-state index contributed by atoms with van der Waals surface area (Å²) in [6.07, 6.45) is 0. The van der Waals surface area contributed by atoms with E-state index in [0.29, 0.717) is 0 Å². The number of rotatable bonds is 9. The minimum absolute atomic E-state index is 1.10. The van der Waals surface area contributed by atoms with Gasteiger partial charge in [-0.1, -0.05) is 133 Å². The third-order valence-electron chi connectivity index (χ3n) is 10.4. The van der Waals surface area contributed by atoms with E-state index in [9.17, 15) is 0 Å². The van der Waals surface area contributed by atoms with Gasteiger partial charge >= 0.3 is 0 Å². The third-order valence-corrected chi connectivity index (χ3v) is 11.5. The lowest BCUT2D eigenvalue weighted by molar-refractivity contribution is 1.29. The molecule has 0 aliphatic heterocycles. The molecule has 1 aromatic heterocycles. The van der Waals surface area contributed by atoms with Crippen LogP contribution in [0, 0.1) is 0 Å². The molecule has 266 valence electrons. The van der Waals surface area contributed by atoms with Crippen molar-refractivity contribution < 1.29 is 0 Å². The van der Waals surface area contributed by atoms with Crippen LogP contribution in [0.2, 0.25) is 0 Å². The van der Waals surface area contributed by atoms with Crippen LogP contribution in [-0.2, 0) is 0 Å². The van der Waals surface area contributed by atoms with Crippen molar-refractivity contribution in [1.82, 2.24) is 0 Å². The van der Waals surface area contributed by atoms with Crippen molar-refractivity contribution in [3.05, 3.63) is 224 Å². The van der Waals surface area contributed by atoms with Crippen LogP contribution in [0.4, 0.5) is 51.2 Å². The second kappa shape index (κ2) is 14.6. The van der Waals surface area contributed by atoms with Crippen LogP contribution in [0.3, 0.4) is 0 Å². The molecule has 10 rings (SSSR count). The molecule has 0 amide bonds. The van der Waals surface area contributed by atoms with Crippen molar-refractivity contribution in [2.24, 2.45) is 0 Å². The van der Waals surface area contributed by atoms with E-state index in [1.165, 1.54) is 36.6 Å². The maximum absolute atomic E-state index is 2.45. The van der Waals surface area contributed by atoms with Gasteiger partial charge in [-0.2, -0.15) is 0 Å². The van der Waals surface area contributed by atoms with Crippen LogP contribution in [0.5, 0.6) is 0 Å². The predicted octanol–water partition coefficient (Wildman–Crippen LogP) is 15.6. The number of nitrogens with zero attached hydrogens (tertiary/aromatic N) is 3. The molecule has 0 bridgehead atoms. The molecule has 0 spiro atoms. The fraction of sp³-hybridized carbons (Fsp3) is 0. The van der Waals surface area contributed by atoms with E-state index in [0.717, 1.165) is 45.5 Å². The summed E-state index contributed by atoms with van der Waals surface area (Å²) in [7, 11) is 0. The maximum atomic E-state index is 2.45. The zero-order valence-electron chi connectivity index (χ0n) is 30.6. The summed E-state index contributed by atoms with van der Waals surface area (Å²) in [5.41, 5.74) is 10.1. The Balaban J connectivity index is 1.37. The molecular weight excluding hydrogens is 699 g/mol. The number of fused-ring (bicyclic) bond motifs is 4. The van der Waals surface area contributed by atoms with Crippen molar-refractivity contribution in [3.8, 4) is 0 Å². The highest BCUT2D eigenvalue weighted by atomic mass is 32.1. The van der Waals surface area contributed by atoms with E-state index in [1.807, 2.05) is 11.3 Å². The van der Waals surface area contributed by atoms with Crippen LogP contribution >= 0.6 is 11.3 Å². The smallest absolute Gasteiger partial charge is 0.0720 e. The zero-order chi connectivity index (χ0) is 37.3. The van der Waals surface area contributed by atoms with E-state index >= 15 is 0 Å². The van der Waals surface area contributed by atoms with E-state index in [4.69, 9.17) is 0 Å². The fourth-order valence-electron chi connectivity index (χ4n) is 7.96. The van der Waals surface area contributed by atoms with Gasteiger partial charge in [0.15, 0.2) is 0 Å². The molecule has 0 radical (unpaired) electrons. The second-order valence-corrected chi connectivity index (χ2v) is 14.8. The molecule has 10 aromatic rings. The number of benzene rings is 9. The van der Waals surface area contributed by atoms with E-state index < -0.39 is 0 Å². The van der Waals surface area contributed by atoms with Crippen LogP contribution in [0.1, 0.15) is 0 Å². The van der Waals surface area contributed by atoms with Crippen LogP contribution in [0.25, 0.3) is 30.9 Å². The van der Waals surface area contributed by atoms with E-state index in [-0.39, 0.29) is 0 Å². The molecule has 0 aliphatic rings. The monoisotopic (exact) mass is 735 g/mol. The predicted molar refractivity (Wildman–Crippen MR) is 241 cm³/mol. The minimum Gasteiger partial charge on any atom is -0.310 e. The van der Waals surface area contributed by atoms with Crippen molar-refractivity contribution in [2.75, 3.05) is 14.7 Å². The summed E-state index contributed by atoms with van der Waals surface area (Å²) in [5.74, 6) is 0. The second-order valence-electron chi connectivity index (χ2n) is 13.7. The van der Waals surface area contributed by atoms with Gasteiger partial charge in [-0.3, -0.25) is 0 Å². The molecular formula is C52H37N3S. The highest BCUT2D eigenvalue weighted by molar-refractivity contribution is 7.26. The lowest BCUT2D eigenvalue weighted by Gasteiger charge is -2.32. The lowest BCUT2D eigenvalue weighted by atomic mass is 9.97. The van der Waals surface area contributed by atoms with Crippen molar-refractivity contribution >= 4 is 93.5 Å². The molecule has 9 aromatic carbocycles. The normalized spacial score (nSPS) is 11.2. The number of thiophene rings is 1. The summed E-state index contributed by atoms with van der Waals surface area (Å²) < 4.78 is 2.45. The molecule has 0 fully saturated rings. The van der Waals surface area contributed by atoms with E-state index in [2.05, 4.69) is 239 Å². The highest BCUT2D eigenvalue weighted by Crippen LogP contribution is 2.55. The average molecular weight is 736 g/mol. The van der Waals surface area contributed by atoms with Crippen LogP contribution in [0.15, 0.2) is 224 Å². The average Bonchev–Trinajstić information content (AvgIpc) is 3.65. The Hall–Kier alpha value is -7.14. The molecule has 4 heteroatoms. The molecule has 56 heavy (non-hydrogen) atoms. The highest BCUT2D eigenvalue weighted by Gasteiger charge is 2.28. The van der Waals surface area contributed by atoms with Crippen LogP contribution in [-0.4, -0.2) is 0 Å². The molecule has 0 unspecified atom stereocenters. The quantitative estimate of drug-likeness (QED) is 0.137. The topological polar surface area (TPSA) is 9.72 Å². The van der Waals surface area contributed by atoms with E-state index in [1.54, 1.807) is 0 Å². The Morgan fingerprint density at radius 3 is 1.02 bits per heavy atom. The number of anilines is 9. The Morgan fingerprint density at radius 2 is 0.607 bits per heavy atom. The van der Waals surface area contributed by atoms with Gasteiger partial charge in [0.05, 0.1) is 16.1 Å². The van der Waals surface area contributed by atoms with Gasteiger partial charge in [0.25, 0.3) is 0 Å². The van der Waals surface area contributed by atoms with Crippen molar-refractivity contribution in [3.63, 3.8) is 0 Å². The first-order valence-electron chi connectivity index (χ1n) is 19.0. The molecule has 0 atom stereocenters. The van der Waals surface area contributed by atoms with Crippen molar-refractivity contribution in [1.29, 1.82) is 0 Å². The first kappa shape index (κ1) is 33.4. The zero-order valence-corrected chi connectivity index (χ0v) is 31.4. The standard InChI is InChI=1S/C52H37N3S/c1-7-21-38(22-8-1)53(39-23-9-2-10-24-39)44-35-36-48-47(37-44)49-50(54(40-25-11-3-12-26-40)41-27-13-4-14-28-41)45-33-19-20-34-46(45)51(52(49)56-48)55(42-29-15-5-16-30-42)43-31-17-6-18-32-43/h1-37H. The van der Waals surface area contributed by atoms with Gasteiger partial charge in [-0.05, 0) is 91.0 Å². The van der Waals surface area contributed by atoms with Crippen LogP contribution < -0.4 is 14.7 Å². The SMILES string of the molecule is c1ccc(N(c2ccccc2)c2ccc3sc4c(N(c5ccccc5)c5ccccc5)c5ccccc5c(N(c5ccccc5)c5ccccc5)c4c3c2)cc1. The van der Waals surface area contributed by atoms with Gasteiger partial charge in [0, 0.05) is 66.1 Å². The fourth-order valence-corrected chi connectivity index (χ4v) is 9.19. The number of hydrogen-bond donors (Lipinski definition) is 0. The third kappa shape index (κ3) is 5.94. The molecule has 0 N–H and O–H groups in total. The molecule has 3 nitrogen and oxygen atoms in total.